The summed E-state index contributed by atoms with van der Waals surface area (Å²) in [5, 5.41) is 2.50. The summed E-state index contributed by atoms with van der Waals surface area (Å²) in [6.07, 6.45) is 0.0551. The fraction of sp³-hybridized carbons (Fsp3) is 0.750. The van der Waals surface area contributed by atoms with Gasteiger partial charge in [0.1, 0.15) is 0 Å². The summed E-state index contributed by atoms with van der Waals surface area (Å²) in [4.78, 5) is 22.2. The fourth-order valence-corrected chi connectivity index (χ4v) is 1.71. The van der Waals surface area contributed by atoms with Crippen LogP contribution in [0.3, 0.4) is 0 Å². The van der Waals surface area contributed by atoms with Crippen LogP contribution in [0.4, 0.5) is 0 Å². The summed E-state index contributed by atoms with van der Waals surface area (Å²) in [7, 11) is 0. The molecule has 0 bridgehead atoms. The number of hydrogen-bond acceptors (Lipinski definition) is 3. The summed E-state index contributed by atoms with van der Waals surface area (Å²) in [5.41, 5.74) is 0. The minimum absolute atomic E-state index is 0.0551. The van der Waals surface area contributed by atoms with Crippen molar-refractivity contribution in [2.24, 2.45) is 5.92 Å². The molecule has 14 heavy (non-hydrogen) atoms. The number of carbonyl (C=O) groups excluding carboxylic acids is 2. The van der Waals surface area contributed by atoms with Crippen LogP contribution in [-0.2, 0) is 14.3 Å². The van der Waals surface area contributed by atoms with E-state index in [0.29, 0.717) is 13.2 Å². The van der Waals surface area contributed by atoms with Crippen molar-refractivity contribution >= 4 is 35.1 Å². The highest BCUT2D eigenvalue weighted by molar-refractivity contribution is 6.58. The first-order valence-electron chi connectivity index (χ1n) is 4.30. The van der Waals surface area contributed by atoms with Gasteiger partial charge in [0.25, 0.3) is 5.91 Å². The topological polar surface area (TPSA) is 55.4 Å². The van der Waals surface area contributed by atoms with Gasteiger partial charge in [0.2, 0.25) is 4.33 Å². The lowest BCUT2D eigenvalue weighted by Gasteiger charge is -2.17. The van der Waals surface area contributed by atoms with E-state index in [2.05, 4.69) is 5.32 Å². The Balaban J connectivity index is 2.54. The van der Waals surface area contributed by atoms with Crippen molar-refractivity contribution in [3.05, 3.63) is 0 Å². The number of hydrogen-bond donors (Lipinski definition) is 1. The highest BCUT2D eigenvalue weighted by Gasteiger charge is 2.48. The monoisotopic (exact) mass is 239 g/mol. The molecule has 1 fully saturated rings. The van der Waals surface area contributed by atoms with E-state index in [4.69, 9.17) is 27.9 Å². The van der Waals surface area contributed by atoms with Crippen LogP contribution in [-0.4, -0.2) is 29.4 Å². The minimum atomic E-state index is -1.51. The van der Waals surface area contributed by atoms with E-state index in [1.165, 1.54) is 0 Å². The van der Waals surface area contributed by atoms with E-state index >= 15 is 0 Å². The van der Waals surface area contributed by atoms with Crippen molar-refractivity contribution in [1.82, 2.24) is 5.32 Å². The second kappa shape index (κ2) is 4.36. The zero-order valence-corrected chi connectivity index (χ0v) is 9.19. The standard InChI is InChI=1S/C8H11Cl2NO3/c1-2-14-6(12)3-5-4-11-7(13)8(5,9)10/h5H,2-4H2,1H3,(H,11,13). The number of carbonyl (C=O) groups is 2. The third-order valence-corrected chi connectivity index (χ3v) is 3.00. The summed E-state index contributed by atoms with van der Waals surface area (Å²) in [6.45, 7) is 2.33. The molecule has 1 aliphatic heterocycles. The number of amides is 1. The molecule has 1 heterocycles. The number of alkyl halides is 2. The third kappa shape index (κ3) is 2.30. The average Bonchev–Trinajstić information content (AvgIpc) is 2.32. The van der Waals surface area contributed by atoms with Gasteiger partial charge in [0.05, 0.1) is 13.0 Å². The molecule has 1 unspecified atom stereocenters. The molecule has 0 aromatic rings. The first kappa shape index (κ1) is 11.6. The Hall–Kier alpha value is -0.480. The molecular weight excluding hydrogens is 229 g/mol. The van der Waals surface area contributed by atoms with Crippen LogP contribution in [0.2, 0.25) is 0 Å². The van der Waals surface area contributed by atoms with Crippen LogP contribution in [0.1, 0.15) is 13.3 Å². The van der Waals surface area contributed by atoms with Crippen LogP contribution >= 0.6 is 23.2 Å². The van der Waals surface area contributed by atoms with Gasteiger partial charge in [0.15, 0.2) is 0 Å². The summed E-state index contributed by atoms with van der Waals surface area (Å²) in [5.74, 6) is -1.26. The SMILES string of the molecule is CCOC(=O)CC1CNC(=O)C1(Cl)Cl. The first-order chi connectivity index (χ1) is 6.48. The summed E-state index contributed by atoms with van der Waals surface area (Å²) < 4.78 is 3.23. The van der Waals surface area contributed by atoms with Gasteiger partial charge in [-0.3, -0.25) is 9.59 Å². The summed E-state index contributed by atoms with van der Waals surface area (Å²) >= 11 is 11.5. The molecule has 0 aromatic heterocycles. The largest absolute Gasteiger partial charge is 0.466 e. The smallest absolute Gasteiger partial charge is 0.306 e. The maximum atomic E-state index is 11.1. The minimum Gasteiger partial charge on any atom is -0.466 e. The molecule has 1 aliphatic rings. The number of rotatable bonds is 3. The van der Waals surface area contributed by atoms with Crippen molar-refractivity contribution in [3.8, 4) is 0 Å². The Labute approximate surface area is 91.9 Å². The van der Waals surface area contributed by atoms with E-state index < -0.39 is 16.2 Å². The molecule has 1 saturated heterocycles. The number of halogens is 2. The van der Waals surface area contributed by atoms with Crippen molar-refractivity contribution in [3.63, 3.8) is 0 Å². The summed E-state index contributed by atoms with van der Waals surface area (Å²) in [6, 6.07) is 0. The van der Waals surface area contributed by atoms with Crippen molar-refractivity contribution in [2.75, 3.05) is 13.2 Å². The maximum absolute atomic E-state index is 11.1. The number of nitrogens with one attached hydrogen (secondary N) is 1. The zero-order chi connectivity index (χ0) is 10.8. The van der Waals surface area contributed by atoms with E-state index in [1.54, 1.807) is 6.92 Å². The van der Waals surface area contributed by atoms with Gasteiger partial charge in [-0.05, 0) is 6.92 Å². The van der Waals surface area contributed by atoms with Gasteiger partial charge in [-0.15, -0.1) is 0 Å². The lowest BCUT2D eigenvalue weighted by molar-refractivity contribution is -0.144. The van der Waals surface area contributed by atoms with Crippen LogP contribution in [0.5, 0.6) is 0 Å². The molecular formula is C8H11Cl2NO3. The van der Waals surface area contributed by atoms with Gasteiger partial charge in [0, 0.05) is 12.5 Å². The molecule has 4 nitrogen and oxygen atoms in total. The van der Waals surface area contributed by atoms with Gasteiger partial charge < -0.3 is 10.1 Å². The quantitative estimate of drug-likeness (QED) is 0.588. The maximum Gasteiger partial charge on any atom is 0.306 e. The molecule has 0 aliphatic carbocycles. The molecule has 6 heteroatoms. The van der Waals surface area contributed by atoms with Crippen LogP contribution in [0.25, 0.3) is 0 Å². The van der Waals surface area contributed by atoms with E-state index in [1.807, 2.05) is 0 Å². The highest BCUT2D eigenvalue weighted by Crippen LogP contribution is 2.36. The molecule has 0 spiro atoms. The molecule has 0 radical (unpaired) electrons. The van der Waals surface area contributed by atoms with Crippen molar-refractivity contribution in [1.29, 1.82) is 0 Å². The second-order valence-electron chi connectivity index (χ2n) is 3.04. The molecule has 1 atom stereocenters. The Morgan fingerprint density at radius 3 is 2.79 bits per heavy atom. The highest BCUT2D eigenvalue weighted by atomic mass is 35.5. The van der Waals surface area contributed by atoms with Gasteiger partial charge in [-0.2, -0.15) is 0 Å². The Bertz CT molecular complexity index is 255. The van der Waals surface area contributed by atoms with Crippen LogP contribution in [0.15, 0.2) is 0 Å². The molecule has 0 saturated carbocycles. The van der Waals surface area contributed by atoms with Crippen molar-refractivity contribution < 1.29 is 14.3 Å². The van der Waals surface area contributed by atoms with Crippen LogP contribution in [0, 0.1) is 5.92 Å². The molecule has 1 N–H and O–H groups in total. The first-order valence-corrected chi connectivity index (χ1v) is 5.05. The zero-order valence-electron chi connectivity index (χ0n) is 7.68. The van der Waals surface area contributed by atoms with Crippen molar-refractivity contribution in [2.45, 2.75) is 17.7 Å². The molecule has 1 amide bonds. The second-order valence-corrected chi connectivity index (χ2v) is 4.42. The van der Waals surface area contributed by atoms with Gasteiger partial charge >= 0.3 is 5.97 Å². The van der Waals surface area contributed by atoms with Crippen LogP contribution < -0.4 is 5.32 Å². The lowest BCUT2D eigenvalue weighted by Crippen LogP contribution is -2.31. The third-order valence-electron chi connectivity index (χ3n) is 2.04. The Kier molecular flexibility index (Phi) is 3.61. The van der Waals surface area contributed by atoms with E-state index in [0.717, 1.165) is 0 Å². The predicted molar refractivity (Wildman–Crippen MR) is 52.2 cm³/mol. The Morgan fingerprint density at radius 1 is 1.71 bits per heavy atom. The van der Waals surface area contributed by atoms with E-state index in [9.17, 15) is 9.59 Å². The average molecular weight is 240 g/mol. The van der Waals surface area contributed by atoms with Gasteiger partial charge in [-0.25, -0.2) is 0 Å². The molecule has 1 rings (SSSR count). The van der Waals surface area contributed by atoms with Gasteiger partial charge in [-0.1, -0.05) is 23.2 Å². The lowest BCUT2D eigenvalue weighted by atomic mass is 10.0. The van der Waals surface area contributed by atoms with E-state index in [-0.39, 0.29) is 12.4 Å². The molecule has 80 valence electrons. The predicted octanol–water partition coefficient (Wildman–Crippen LogP) is 0.859. The molecule has 0 aromatic carbocycles. The Morgan fingerprint density at radius 2 is 2.36 bits per heavy atom. The number of esters is 1. The number of ether oxygens (including phenoxy) is 1. The fourth-order valence-electron chi connectivity index (χ4n) is 1.27. The normalized spacial score (nSPS) is 24.5.